The highest BCUT2D eigenvalue weighted by atomic mass is 16.5. The smallest absolute Gasteiger partial charge is 0.225 e. The molecule has 0 spiro atoms. The Bertz CT molecular complexity index is 151. The van der Waals surface area contributed by atoms with Crippen LogP contribution in [0.2, 0.25) is 0 Å². The van der Waals surface area contributed by atoms with E-state index in [4.69, 9.17) is 4.74 Å². The van der Waals surface area contributed by atoms with Crippen molar-refractivity contribution >= 4 is 5.91 Å². The molecule has 1 aliphatic heterocycles. The highest BCUT2D eigenvalue weighted by molar-refractivity contribution is 5.79. The molecule has 70 valence electrons. The monoisotopic (exact) mass is 171 g/mol. The van der Waals surface area contributed by atoms with E-state index in [-0.39, 0.29) is 17.9 Å². The van der Waals surface area contributed by atoms with Crippen LogP contribution >= 0.6 is 0 Å². The third kappa shape index (κ3) is 2.81. The van der Waals surface area contributed by atoms with Crippen LogP contribution in [0.4, 0.5) is 0 Å². The minimum Gasteiger partial charge on any atom is -0.381 e. The zero-order chi connectivity index (χ0) is 8.97. The lowest BCUT2D eigenvalue weighted by Gasteiger charge is -2.22. The lowest BCUT2D eigenvalue weighted by Crippen LogP contribution is -2.39. The molecule has 0 aromatic carbocycles. The van der Waals surface area contributed by atoms with Gasteiger partial charge < -0.3 is 10.1 Å². The van der Waals surface area contributed by atoms with Gasteiger partial charge in [0, 0.05) is 12.6 Å². The van der Waals surface area contributed by atoms with E-state index in [2.05, 4.69) is 5.32 Å². The number of amides is 1. The lowest BCUT2D eigenvalue weighted by molar-refractivity contribution is -0.129. The van der Waals surface area contributed by atoms with Crippen LogP contribution in [0.25, 0.3) is 0 Å². The van der Waals surface area contributed by atoms with Crippen LogP contribution < -0.4 is 5.32 Å². The van der Waals surface area contributed by atoms with E-state index in [1.54, 1.807) is 0 Å². The van der Waals surface area contributed by atoms with E-state index in [0.29, 0.717) is 6.61 Å². The van der Waals surface area contributed by atoms with Crippen LogP contribution in [0.3, 0.4) is 0 Å². The molecule has 1 rings (SSSR count). The minimum atomic E-state index is 0.0844. The number of carbonyl (C=O) groups excluding carboxylic acids is 1. The van der Waals surface area contributed by atoms with Gasteiger partial charge in [-0.15, -0.1) is 0 Å². The summed E-state index contributed by atoms with van der Waals surface area (Å²) < 4.78 is 5.22. The van der Waals surface area contributed by atoms with Crippen molar-refractivity contribution in [1.29, 1.82) is 0 Å². The van der Waals surface area contributed by atoms with E-state index in [1.165, 1.54) is 0 Å². The van der Waals surface area contributed by atoms with Crippen molar-refractivity contribution in [3.05, 3.63) is 0 Å². The molecule has 0 saturated carbocycles. The summed E-state index contributed by atoms with van der Waals surface area (Å²) in [5, 5.41) is 2.89. The molecule has 1 saturated heterocycles. The van der Waals surface area contributed by atoms with E-state index < -0.39 is 0 Å². The summed E-state index contributed by atoms with van der Waals surface area (Å²) in [6, 6.07) is 0.236. The number of rotatable bonds is 2. The summed E-state index contributed by atoms with van der Waals surface area (Å²) in [6.45, 7) is 5.35. The molecule has 0 aromatic heterocycles. The molecule has 1 amide bonds. The Morgan fingerprint density at radius 3 is 2.83 bits per heavy atom. The topological polar surface area (TPSA) is 38.3 Å². The molecule has 1 heterocycles. The number of carbonyl (C=O) groups is 1. The molecule has 1 atom stereocenters. The third-order valence-electron chi connectivity index (χ3n) is 1.96. The van der Waals surface area contributed by atoms with Crippen molar-refractivity contribution in [3.8, 4) is 0 Å². The van der Waals surface area contributed by atoms with E-state index in [1.807, 2.05) is 13.8 Å². The van der Waals surface area contributed by atoms with Crippen LogP contribution in [-0.4, -0.2) is 25.2 Å². The van der Waals surface area contributed by atoms with Crippen LogP contribution in [0, 0.1) is 5.92 Å². The minimum absolute atomic E-state index is 0.0844. The van der Waals surface area contributed by atoms with Crippen molar-refractivity contribution < 1.29 is 9.53 Å². The van der Waals surface area contributed by atoms with Crippen LogP contribution in [0.5, 0.6) is 0 Å². The Morgan fingerprint density at radius 2 is 2.33 bits per heavy atom. The summed E-state index contributed by atoms with van der Waals surface area (Å²) in [4.78, 5) is 11.4. The van der Waals surface area contributed by atoms with Gasteiger partial charge in [0.2, 0.25) is 5.91 Å². The highest BCUT2D eigenvalue weighted by Gasteiger charge is 2.21. The second kappa shape index (κ2) is 4.45. The Hall–Kier alpha value is -0.570. The molecule has 0 aliphatic carbocycles. The van der Waals surface area contributed by atoms with Crippen molar-refractivity contribution in [2.45, 2.75) is 32.7 Å². The summed E-state index contributed by atoms with van der Waals surface area (Å²) in [6.07, 6.45) is 1.98. The normalized spacial score (nSPS) is 24.1. The van der Waals surface area contributed by atoms with Gasteiger partial charge >= 0.3 is 0 Å². The molecular weight excluding hydrogens is 154 g/mol. The molecule has 0 aromatic rings. The first-order chi connectivity index (χ1) is 5.70. The second-order valence-electron chi connectivity index (χ2n) is 3.58. The fourth-order valence-corrected chi connectivity index (χ4v) is 1.35. The van der Waals surface area contributed by atoms with Crippen molar-refractivity contribution in [3.63, 3.8) is 0 Å². The lowest BCUT2D eigenvalue weighted by atomic mass is 10.0. The van der Waals surface area contributed by atoms with Gasteiger partial charge in [-0.3, -0.25) is 4.79 Å². The Morgan fingerprint density at radius 1 is 1.58 bits per heavy atom. The Labute approximate surface area is 73.5 Å². The van der Waals surface area contributed by atoms with Crippen LogP contribution in [0.15, 0.2) is 0 Å². The Kier molecular flexibility index (Phi) is 3.53. The predicted octanol–water partition coefficient (Wildman–Crippen LogP) is 0.938. The molecule has 0 bridgehead atoms. The van der Waals surface area contributed by atoms with Crippen molar-refractivity contribution in [2.24, 2.45) is 5.92 Å². The average molecular weight is 171 g/mol. The van der Waals surface area contributed by atoms with Gasteiger partial charge in [-0.25, -0.2) is 0 Å². The zero-order valence-electron chi connectivity index (χ0n) is 7.80. The molecule has 1 unspecified atom stereocenters. The van der Waals surface area contributed by atoms with E-state index in [9.17, 15) is 4.79 Å². The van der Waals surface area contributed by atoms with Crippen molar-refractivity contribution in [2.75, 3.05) is 13.2 Å². The average Bonchev–Trinajstić information content (AvgIpc) is 2.05. The zero-order valence-corrected chi connectivity index (χ0v) is 7.80. The number of hydrogen-bond acceptors (Lipinski definition) is 2. The molecule has 1 fully saturated rings. The molecule has 12 heavy (non-hydrogen) atoms. The van der Waals surface area contributed by atoms with Gasteiger partial charge in [0.1, 0.15) is 0 Å². The Balaban J connectivity index is 2.30. The largest absolute Gasteiger partial charge is 0.381 e. The molecular formula is C9H17NO2. The third-order valence-corrected chi connectivity index (χ3v) is 1.96. The maximum absolute atomic E-state index is 11.4. The molecule has 3 heteroatoms. The standard InChI is InChI=1S/C9H17NO2/c1-7(2)10-9(11)8-4-3-5-12-6-8/h7-8H,3-6H2,1-2H3,(H,10,11). The second-order valence-corrected chi connectivity index (χ2v) is 3.58. The molecule has 3 nitrogen and oxygen atoms in total. The highest BCUT2D eigenvalue weighted by Crippen LogP contribution is 2.13. The van der Waals surface area contributed by atoms with Gasteiger partial charge in [0.25, 0.3) is 0 Å². The SMILES string of the molecule is CC(C)NC(=O)C1CCCOC1. The summed E-state index contributed by atoms with van der Waals surface area (Å²) >= 11 is 0. The number of nitrogens with one attached hydrogen (secondary N) is 1. The number of ether oxygens (including phenoxy) is 1. The summed E-state index contributed by atoms with van der Waals surface area (Å²) in [7, 11) is 0. The molecule has 0 radical (unpaired) electrons. The first-order valence-corrected chi connectivity index (χ1v) is 4.58. The van der Waals surface area contributed by atoms with E-state index >= 15 is 0 Å². The van der Waals surface area contributed by atoms with Gasteiger partial charge in [-0.1, -0.05) is 0 Å². The first-order valence-electron chi connectivity index (χ1n) is 4.58. The first kappa shape index (κ1) is 9.52. The quantitative estimate of drug-likeness (QED) is 0.671. The fourth-order valence-electron chi connectivity index (χ4n) is 1.35. The maximum atomic E-state index is 11.4. The van der Waals surface area contributed by atoms with Gasteiger partial charge in [0.15, 0.2) is 0 Å². The van der Waals surface area contributed by atoms with E-state index in [0.717, 1.165) is 19.4 Å². The summed E-state index contributed by atoms with van der Waals surface area (Å²) in [5.41, 5.74) is 0. The van der Waals surface area contributed by atoms with Gasteiger partial charge in [0.05, 0.1) is 12.5 Å². The fraction of sp³-hybridized carbons (Fsp3) is 0.889. The maximum Gasteiger partial charge on any atom is 0.225 e. The van der Waals surface area contributed by atoms with Crippen molar-refractivity contribution in [1.82, 2.24) is 5.32 Å². The molecule has 1 aliphatic rings. The summed E-state index contributed by atoms with van der Waals surface area (Å²) in [5.74, 6) is 0.228. The van der Waals surface area contributed by atoms with Crippen LogP contribution in [-0.2, 0) is 9.53 Å². The van der Waals surface area contributed by atoms with Gasteiger partial charge in [-0.2, -0.15) is 0 Å². The predicted molar refractivity (Wildman–Crippen MR) is 46.8 cm³/mol. The molecule has 1 N–H and O–H groups in total. The van der Waals surface area contributed by atoms with Gasteiger partial charge in [-0.05, 0) is 26.7 Å². The van der Waals surface area contributed by atoms with Crippen LogP contribution in [0.1, 0.15) is 26.7 Å². The number of hydrogen-bond donors (Lipinski definition) is 1.